The molecule has 0 fully saturated rings. The second kappa shape index (κ2) is 5.03. The van der Waals surface area contributed by atoms with Gasteiger partial charge in [0.05, 0.1) is 18.9 Å². The lowest BCUT2D eigenvalue weighted by Gasteiger charge is -2.20. The molecule has 3 heteroatoms. The number of hydrogen-bond donors (Lipinski definition) is 2. The number of ether oxygens (including phenoxy) is 1. The van der Waals surface area contributed by atoms with Crippen LogP contribution in [-0.2, 0) is 0 Å². The van der Waals surface area contributed by atoms with E-state index in [1.807, 2.05) is 32.0 Å². The van der Waals surface area contributed by atoms with Crippen LogP contribution in [0.2, 0.25) is 0 Å². The molecule has 0 amide bonds. The lowest BCUT2D eigenvalue weighted by molar-refractivity contribution is 0.177. The zero-order chi connectivity index (χ0) is 11.4. The Hall–Kier alpha value is -1.22. The largest absolute Gasteiger partial charge is 0.495 e. The molecule has 2 N–H and O–H groups in total. The van der Waals surface area contributed by atoms with Crippen LogP contribution in [0.3, 0.4) is 0 Å². The minimum Gasteiger partial charge on any atom is -0.495 e. The van der Waals surface area contributed by atoms with E-state index in [1.54, 1.807) is 14.0 Å². The summed E-state index contributed by atoms with van der Waals surface area (Å²) in [6.45, 7) is 5.73. The third-order valence-corrected chi connectivity index (χ3v) is 2.46. The molecule has 1 rings (SSSR count). The lowest BCUT2D eigenvalue weighted by Crippen LogP contribution is -2.28. The summed E-state index contributed by atoms with van der Waals surface area (Å²) >= 11 is 0. The van der Waals surface area contributed by atoms with Crippen molar-refractivity contribution in [3.05, 3.63) is 23.8 Å². The van der Waals surface area contributed by atoms with Gasteiger partial charge in [-0.1, -0.05) is 6.07 Å². The molecule has 0 aliphatic heterocycles. The first-order valence-corrected chi connectivity index (χ1v) is 5.14. The Bertz CT molecular complexity index is 323. The Morgan fingerprint density at radius 3 is 2.53 bits per heavy atom. The topological polar surface area (TPSA) is 41.5 Å². The van der Waals surface area contributed by atoms with E-state index >= 15 is 0 Å². The van der Waals surface area contributed by atoms with E-state index in [1.165, 1.54) is 0 Å². The van der Waals surface area contributed by atoms with E-state index in [0.717, 1.165) is 17.0 Å². The van der Waals surface area contributed by atoms with E-state index < -0.39 is 6.10 Å². The van der Waals surface area contributed by atoms with Gasteiger partial charge in [-0.05, 0) is 38.5 Å². The Morgan fingerprint density at radius 2 is 2.00 bits per heavy atom. The second-order valence-electron chi connectivity index (χ2n) is 3.88. The van der Waals surface area contributed by atoms with Crippen molar-refractivity contribution < 1.29 is 9.84 Å². The fourth-order valence-corrected chi connectivity index (χ4v) is 1.30. The number of rotatable bonds is 4. The minimum absolute atomic E-state index is 0.000648. The molecule has 0 aliphatic carbocycles. The molecule has 0 heterocycles. The fourth-order valence-electron chi connectivity index (χ4n) is 1.30. The predicted octanol–water partition coefficient (Wildman–Crippen LogP) is 2.18. The predicted molar refractivity (Wildman–Crippen MR) is 62.5 cm³/mol. The van der Waals surface area contributed by atoms with Crippen LogP contribution in [0.5, 0.6) is 5.75 Å². The van der Waals surface area contributed by atoms with Crippen LogP contribution in [0.25, 0.3) is 0 Å². The highest BCUT2D eigenvalue weighted by atomic mass is 16.5. The number of benzene rings is 1. The normalized spacial score (nSPS) is 14.5. The summed E-state index contributed by atoms with van der Waals surface area (Å²) in [5.41, 5.74) is 2.09. The van der Waals surface area contributed by atoms with Gasteiger partial charge in [0.25, 0.3) is 0 Å². The molecular weight excluding hydrogens is 190 g/mol. The van der Waals surface area contributed by atoms with Gasteiger partial charge in [-0.25, -0.2) is 0 Å². The molecular formula is C12H19NO2. The average molecular weight is 209 g/mol. The van der Waals surface area contributed by atoms with Crippen LogP contribution in [-0.4, -0.2) is 24.4 Å². The molecule has 0 spiro atoms. The summed E-state index contributed by atoms with van der Waals surface area (Å²) in [6.07, 6.45) is -0.393. The molecule has 0 saturated heterocycles. The van der Waals surface area contributed by atoms with Crippen molar-refractivity contribution in [1.29, 1.82) is 0 Å². The molecule has 0 aliphatic rings. The highest BCUT2D eigenvalue weighted by molar-refractivity contribution is 5.58. The average Bonchev–Trinajstić information content (AvgIpc) is 2.18. The van der Waals surface area contributed by atoms with E-state index in [0.29, 0.717) is 0 Å². The van der Waals surface area contributed by atoms with Crippen molar-refractivity contribution in [2.75, 3.05) is 12.4 Å². The van der Waals surface area contributed by atoms with Crippen molar-refractivity contribution >= 4 is 5.69 Å². The molecule has 0 bridgehead atoms. The first kappa shape index (κ1) is 11.9. The molecule has 3 nitrogen and oxygen atoms in total. The standard InChI is InChI=1S/C12H19NO2/c1-8-5-6-12(15-4)11(7-8)13-9(2)10(3)14/h5-7,9-10,13-14H,1-4H3. The first-order valence-electron chi connectivity index (χ1n) is 5.14. The number of hydrogen-bond acceptors (Lipinski definition) is 3. The summed E-state index contributed by atoms with van der Waals surface area (Å²) in [5.74, 6) is 0.799. The summed E-state index contributed by atoms with van der Waals surface area (Å²) in [7, 11) is 1.64. The van der Waals surface area contributed by atoms with Crippen molar-refractivity contribution in [2.45, 2.75) is 32.9 Å². The van der Waals surface area contributed by atoms with Crippen LogP contribution in [0.1, 0.15) is 19.4 Å². The molecule has 0 aromatic heterocycles. The van der Waals surface area contributed by atoms with Crippen molar-refractivity contribution in [2.24, 2.45) is 0 Å². The Balaban J connectivity index is 2.87. The minimum atomic E-state index is -0.393. The monoisotopic (exact) mass is 209 g/mol. The smallest absolute Gasteiger partial charge is 0.141 e. The Labute approximate surface area is 91.1 Å². The van der Waals surface area contributed by atoms with Gasteiger partial charge in [0.1, 0.15) is 5.75 Å². The van der Waals surface area contributed by atoms with E-state index in [4.69, 9.17) is 4.74 Å². The number of anilines is 1. The third kappa shape index (κ3) is 3.13. The number of nitrogens with one attached hydrogen (secondary N) is 1. The zero-order valence-electron chi connectivity index (χ0n) is 9.74. The third-order valence-electron chi connectivity index (χ3n) is 2.46. The van der Waals surface area contributed by atoms with Gasteiger partial charge in [-0.15, -0.1) is 0 Å². The lowest BCUT2D eigenvalue weighted by atomic mass is 10.1. The van der Waals surface area contributed by atoms with Crippen molar-refractivity contribution in [3.63, 3.8) is 0 Å². The van der Waals surface area contributed by atoms with Crippen LogP contribution in [0.4, 0.5) is 5.69 Å². The molecule has 1 aromatic carbocycles. The fraction of sp³-hybridized carbons (Fsp3) is 0.500. The molecule has 2 unspecified atom stereocenters. The summed E-state index contributed by atoms with van der Waals surface area (Å²) in [4.78, 5) is 0. The van der Waals surface area contributed by atoms with Gasteiger partial charge in [0, 0.05) is 6.04 Å². The highest BCUT2D eigenvalue weighted by Gasteiger charge is 2.11. The van der Waals surface area contributed by atoms with Crippen molar-refractivity contribution in [3.8, 4) is 5.75 Å². The maximum atomic E-state index is 9.41. The summed E-state index contributed by atoms with van der Waals surface area (Å²) in [5, 5.41) is 12.6. The summed E-state index contributed by atoms with van der Waals surface area (Å²) in [6, 6.07) is 5.93. The maximum absolute atomic E-state index is 9.41. The number of aliphatic hydroxyl groups is 1. The van der Waals surface area contributed by atoms with E-state index in [9.17, 15) is 5.11 Å². The second-order valence-corrected chi connectivity index (χ2v) is 3.88. The van der Waals surface area contributed by atoms with Gasteiger partial charge in [0.2, 0.25) is 0 Å². The molecule has 1 aromatic rings. The quantitative estimate of drug-likeness (QED) is 0.798. The molecule has 84 valence electrons. The van der Waals surface area contributed by atoms with Crippen LogP contribution >= 0.6 is 0 Å². The van der Waals surface area contributed by atoms with Gasteiger partial charge < -0.3 is 15.2 Å². The van der Waals surface area contributed by atoms with Gasteiger partial charge in [-0.3, -0.25) is 0 Å². The van der Waals surface area contributed by atoms with Crippen LogP contribution < -0.4 is 10.1 Å². The highest BCUT2D eigenvalue weighted by Crippen LogP contribution is 2.26. The number of aryl methyl sites for hydroxylation is 1. The SMILES string of the molecule is COc1ccc(C)cc1NC(C)C(C)O. The molecule has 2 atom stereocenters. The van der Waals surface area contributed by atoms with Gasteiger partial charge in [0.15, 0.2) is 0 Å². The molecule has 15 heavy (non-hydrogen) atoms. The first-order chi connectivity index (χ1) is 7.04. The van der Waals surface area contributed by atoms with Crippen LogP contribution in [0.15, 0.2) is 18.2 Å². The Kier molecular flexibility index (Phi) is 3.97. The summed E-state index contributed by atoms with van der Waals surface area (Å²) < 4.78 is 5.24. The zero-order valence-corrected chi connectivity index (χ0v) is 9.74. The van der Waals surface area contributed by atoms with E-state index in [2.05, 4.69) is 5.32 Å². The van der Waals surface area contributed by atoms with Crippen molar-refractivity contribution in [1.82, 2.24) is 0 Å². The van der Waals surface area contributed by atoms with E-state index in [-0.39, 0.29) is 6.04 Å². The number of methoxy groups -OCH3 is 1. The van der Waals surface area contributed by atoms with Crippen LogP contribution in [0, 0.1) is 6.92 Å². The van der Waals surface area contributed by atoms with Gasteiger partial charge >= 0.3 is 0 Å². The molecule has 0 saturated carbocycles. The maximum Gasteiger partial charge on any atom is 0.141 e. The Morgan fingerprint density at radius 1 is 1.33 bits per heavy atom. The molecule has 0 radical (unpaired) electrons. The number of aliphatic hydroxyl groups excluding tert-OH is 1. The van der Waals surface area contributed by atoms with Gasteiger partial charge in [-0.2, -0.15) is 0 Å².